The lowest BCUT2D eigenvalue weighted by molar-refractivity contribution is -0.115. The van der Waals surface area contributed by atoms with Crippen molar-refractivity contribution in [2.24, 2.45) is 4.99 Å². The van der Waals surface area contributed by atoms with Gasteiger partial charge in [0.1, 0.15) is 0 Å². The smallest absolute Gasteiger partial charge is 0.264 e. The van der Waals surface area contributed by atoms with Crippen LogP contribution in [0.4, 0.5) is 5.69 Å². The number of aromatic nitrogens is 1. The van der Waals surface area contributed by atoms with E-state index >= 15 is 0 Å². The lowest BCUT2D eigenvalue weighted by Crippen LogP contribution is -2.19. The van der Waals surface area contributed by atoms with E-state index in [4.69, 9.17) is 0 Å². The highest BCUT2D eigenvalue weighted by Gasteiger charge is 2.25. The number of hydrogen-bond donors (Lipinski definition) is 1. The maximum absolute atomic E-state index is 12.4. The van der Waals surface area contributed by atoms with Crippen LogP contribution in [0, 0.1) is 20.8 Å². The second kappa shape index (κ2) is 7.39. The van der Waals surface area contributed by atoms with Crippen molar-refractivity contribution in [2.45, 2.75) is 52.5 Å². The molecule has 1 aliphatic heterocycles. The van der Waals surface area contributed by atoms with Gasteiger partial charge in [0.25, 0.3) is 5.91 Å². The third-order valence-corrected chi connectivity index (χ3v) is 6.33. The van der Waals surface area contributed by atoms with E-state index in [-0.39, 0.29) is 5.91 Å². The number of aryl methyl sites for hydroxylation is 2. The molecular formula is C22H25N3OS. The number of amides is 1. The molecule has 1 saturated heterocycles. The Balaban J connectivity index is 1.58. The summed E-state index contributed by atoms with van der Waals surface area (Å²) in [5, 5.41) is 3.52. The first kappa shape index (κ1) is 18.1. The summed E-state index contributed by atoms with van der Waals surface area (Å²) in [6.45, 7) is 6.38. The molecule has 5 heteroatoms. The van der Waals surface area contributed by atoms with Gasteiger partial charge in [-0.1, -0.05) is 30.5 Å². The Kier molecular flexibility index (Phi) is 4.96. The molecule has 2 aliphatic rings. The summed E-state index contributed by atoms with van der Waals surface area (Å²) >= 11 is 1.41. The highest BCUT2D eigenvalue weighted by Crippen LogP contribution is 2.35. The van der Waals surface area contributed by atoms with Crippen LogP contribution in [-0.2, 0) is 4.79 Å². The first-order chi connectivity index (χ1) is 13.0. The second-order valence-electron chi connectivity index (χ2n) is 7.45. The molecule has 27 heavy (non-hydrogen) atoms. The molecule has 2 aromatic rings. The molecule has 4 nitrogen and oxygen atoms in total. The number of carbonyl (C=O) groups excluding carboxylic acids is 1. The molecule has 1 aromatic carbocycles. The molecule has 1 amide bonds. The highest BCUT2D eigenvalue weighted by molar-refractivity contribution is 8.18. The summed E-state index contributed by atoms with van der Waals surface area (Å²) < 4.78 is 2.46. The number of amidine groups is 1. The number of aliphatic imine (C=N–C) groups is 1. The summed E-state index contributed by atoms with van der Waals surface area (Å²) in [6.07, 6.45) is 7.15. The summed E-state index contributed by atoms with van der Waals surface area (Å²) in [4.78, 5) is 17.7. The number of nitrogens with one attached hydrogen (secondary N) is 1. The normalized spacial score (nSPS) is 20.8. The predicted octanol–water partition coefficient (Wildman–Crippen LogP) is 5.42. The summed E-state index contributed by atoms with van der Waals surface area (Å²) in [6, 6.07) is 10.8. The molecule has 1 N–H and O–H groups in total. The third kappa shape index (κ3) is 3.74. The number of thioether (sulfide) groups is 1. The molecule has 1 saturated carbocycles. The fourth-order valence-corrected chi connectivity index (χ4v) is 4.86. The summed E-state index contributed by atoms with van der Waals surface area (Å²) in [5.41, 5.74) is 5.71. The minimum Gasteiger partial charge on any atom is -0.346 e. The Hall–Kier alpha value is -2.27. The largest absolute Gasteiger partial charge is 0.346 e. The van der Waals surface area contributed by atoms with Crippen LogP contribution in [0.1, 0.15) is 54.2 Å². The van der Waals surface area contributed by atoms with Crippen LogP contribution in [0.5, 0.6) is 0 Å². The zero-order chi connectivity index (χ0) is 19.0. The molecule has 1 aromatic heterocycles. The minimum atomic E-state index is -0.0727. The van der Waals surface area contributed by atoms with Gasteiger partial charge in [-0.05, 0) is 75.2 Å². The number of rotatable bonds is 3. The van der Waals surface area contributed by atoms with Crippen LogP contribution in [0.15, 0.2) is 40.2 Å². The monoisotopic (exact) mass is 379 g/mol. The van der Waals surface area contributed by atoms with Crippen molar-refractivity contribution < 1.29 is 4.79 Å². The van der Waals surface area contributed by atoms with Crippen molar-refractivity contribution in [1.82, 2.24) is 9.88 Å². The van der Waals surface area contributed by atoms with Gasteiger partial charge in [0.15, 0.2) is 5.17 Å². The maximum Gasteiger partial charge on any atom is 0.264 e. The molecule has 2 heterocycles. The third-order valence-electron chi connectivity index (χ3n) is 5.42. The summed E-state index contributed by atoms with van der Waals surface area (Å²) in [7, 11) is 0. The van der Waals surface area contributed by atoms with Gasteiger partial charge in [0.2, 0.25) is 0 Å². The van der Waals surface area contributed by atoms with E-state index in [0.717, 1.165) is 11.3 Å². The van der Waals surface area contributed by atoms with Gasteiger partial charge < -0.3 is 9.88 Å². The maximum atomic E-state index is 12.4. The predicted molar refractivity (Wildman–Crippen MR) is 113 cm³/mol. The first-order valence-electron chi connectivity index (χ1n) is 9.56. The Morgan fingerprint density at radius 2 is 1.85 bits per heavy atom. The molecule has 0 atom stereocenters. The molecular weight excluding hydrogens is 354 g/mol. The molecule has 0 spiro atoms. The Labute approximate surface area is 164 Å². The SMILES string of the molecule is Cc1ccc(N=C2NC(=O)/C(=C/c3cc(C)n(C4CCCC4)c3C)S2)cc1. The fourth-order valence-electron chi connectivity index (χ4n) is 4.03. The van der Waals surface area contributed by atoms with Gasteiger partial charge in [0, 0.05) is 17.4 Å². The fraction of sp³-hybridized carbons (Fsp3) is 0.364. The molecule has 1 aliphatic carbocycles. The van der Waals surface area contributed by atoms with Crippen LogP contribution >= 0.6 is 11.8 Å². The Morgan fingerprint density at radius 3 is 2.56 bits per heavy atom. The molecule has 2 fully saturated rings. The van der Waals surface area contributed by atoms with Crippen molar-refractivity contribution in [3.05, 3.63) is 57.8 Å². The van der Waals surface area contributed by atoms with Crippen molar-refractivity contribution >= 4 is 34.6 Å². The first-order valence-corrected chi connectivity index (χ1v) is 10.4. The van der Waals surface area contributed by atoms with Crippen molar-refractivity contribution in [3.63, 3.8) is 0 Å². The van der Waals surface area contributed by atoms with Crippen LogP contribution in [0.3, 0.4) is 0 Å². The molecule has 0 unspecified atom stereocenters. The zero-order valence-electron chi connectivity index (χ0n) is 16.1. The minimum absolute atomic E-state index is 0.0727. The second-order valence-corrected chi connectivity index (χ2v) is 8.48. The topological polar surface area (TPSA) is 46.4 Å². The van der Waals surface area contributed by atoms with Gasteiger partial charge >= 0.3 is 0 Å². The van der Waals surface area contributed by atoms with Gasteiger partial charge in [0.05, 0.1) is 10.6 Å². The standard InChI is InChI=1S/C22H25N3OS/c1-14-8-10-18(11-9-14)23-22-24-21(26)20(27-22)13-17-12-15(2)25(16(17)3)19-6-4-5-7-19/h8-13,19H,4-7H2,1-3H3,(H,23,24,26)/b20-13-. The van der Waals surface area contributed by atoms with Gasteiger partial charge in [-0.3, -0.25) is 4.79 Å². The summed E-state index contributed by atoms with van der Waals surface area (Å²) in [5.74, 6) is -0.0727. The lowest BCUT2D eigenvalue weighted by atomic mass is 10.2. The zero-order valence-corrected chi connectivity index (χ0v) is 16.9. The van der Waals surface area contributed by atoms with E-state index in [1.165, 1.54) is 54.4 Å². The van der Waals surface area contributed by atoms with Crippen LogP contribution in [-0.4, -0.2) is 15.6 Å². The van der Waals surface area contributed by atoms with E-state index in [1.54, 1.807) is 0 Å². The van der Waals surface area contributed by atoms with E-state index in [1.807, 2.05) is 37.3 Å². The van der Waals surface area contributed by atoms with Crippen molar-refractivity contribution in [2.75, 3.05) is 0 Å². The average Bonchev–Trinajstić information content (AvgIpc) is 3.32. The Morgan fingerprint density at radius 1 is 1.15 bits per heavy atom. The highest BCUT2D eigenvalue weighted by atomic mass is 32.2. The van der Waals surface area contributed by atoms with Crippen molar-refractivity contribution in [1.29, 1.82) is 0 Å². The number of benzene rings is 1. The van der Waals surface area contributed by atoms with E-state index in [2.05, 4.69) is 34.8 Å². The van der Waals surface area contributed by atoms with E-state index in [0.29, 0.717) is 16.1 Å². The number of nitrogens with zero attached hydrogens (tertiary/aromatic N) is 2. The molecule has 0 bridgehead atoms. The van der Waals surface area contributed by atoms with E-state index in [9.17, 15) is 4.79 Å². The molecule has 4 rings (SSSR count). The molecule has 0 radical (unpaired) electrons. The van der Waals surface area contributed by atoms with Crippen molar-refractivity contribution in [3.8, 4) is 0 Å². The lowest BCUT2D eigenvalue weighted by Gasteiger charge is -2.17. The average molecular weight is 380 g/mol. The van der Waals surface area contributed by atoms with Gasteiger partial charge in [-0.25, -0.2) is 4.99 Å². The van der Waals surface area contributed by atoms with Crippen LogP contribution in [0.2, 0.25) is 0 Å². The number of carbonyl (C=O) groups is 1. The Bertz CT molecular complexity index is 931. The van der Waals surface area contributed by atoms with Crippen LogP contribution < -0.4 is 5.32 Å². The van der Waals surface area contributed by atoms with Gasteiger partial charge in [-0.15, -0.1) is 0 Å². The molecule has 140 valence electrons. The quantitative estimate of drug-likeness (QED) is 0.724. The van der Waals surface area contributed by atoms with Crippen LogP contribution in [0.25, 0.3) is 6.08 Å². The van der Waals surface area contributed by atoms with E-state index < -0.39 is 0 Å². The number of hydrogen-bond acceptors (Lipinski definition) is 3. The van der Waals surface area contributed by atoms with Gasteiger partial charge in [-0.2, -0.15) is 0 Å².